The second kappa shape index (κ2) is 8.68. The molecule has 0 bridgehead atoms. The van der Waals surface area contributed by atoms with Crippen LogP contribution in [0.3, 0.4) is 0 Å². The maximum absolute atomic E-state index is 13.1. The fourth-order valence-electron chi connectivity index (χ4n) is 3.18. The highest BCUT2D eigenvalue weighted by molar-refractivity contribution is 7.89. The Hall–Kier alpha value is -2.53. The Bertz CT molecular complexity index is 1060. The smallest absolute Gasteiger partial charge is 0.269 e. The molecule has 0 saturated carbocycles. The molecule has 1 aliphatic heterocycles. The number of nitrogens with one attached hydrogen (secondary N) is 1. The summed E-state index contributed by atoms with van der Waals surface area (Å²) in [6, 6.07) is 9.18. The molecule has 1 heterocycles. The van der Waals surface area contributed by atoms with E-state index in [0.717, 1.165) is 0 Å². The van der Waals surface area contributed by atoms with Crippen LogP contribution in [0, 0.1) is 10.1 Å². The fourth-order valence-corrected chi connectivity index (χ4v) is 5.00. The highest BCUT2D eigenvalue weighted by Crippen LogP contribution is 2.26. The van der Waals surface area contributed by atoms with Crippen LogP contribution in [0.5, 0.6) is 0 Å². The first-order valence-corrected chi connectivity index (χ1v) is 10.9. The van der Waals surface area contributed by atoms with Crippen molar-refractivity contribution in [1.29, 1.82) is 0 Å². The van der Waals surface area contributed by atoms with Gasteiger partial charge in [0.2, 0.25) is 10.0 Å². The number of non-ortho nitro benzene ring substituents is 1. The fraction of sp³-hybridized carbons (Fsp3) is 0.316. The largest absolute Gasteiger partial charge is 0.373 e. The van der Waals surface area contributed by atoms with E-state index < -0.39 is 20.9 Å². The Morgan fingerprint density at radius 3 is 2.33 bits per heavy atom. The average Bonchev–Trinajstić information content (AvgIpc) is 2.67. The highest BCUT2D eigenvalue weighted by atomic mass is 35.5. The zero-order chi connectivity index (χ0) is 22.1. The molecular weight excluding hydrogens is 434 g/mol. The molecule has 0 aliphatic carbocycles. The van der Waals surface area contributed by atoms with E-state index >= 15 is 0 Å². The van der Waals surface area contributed by atoms with E-state index in [9.17, 15) is 23.3 Å². The second-order valence-electron chi connectivity index (χ2n) is 6.98. The summed E-state index contributed by atoms with van der Waals surface area (Å²) in [6.45, 7) is 4.01. The summed E-state index contributed by atoms with van der Waals surface area (Å²) in [5.74, 6) is -0.630. The Balaban J connectivity index is 1.85. The van der Waals surface area contributed by atoms with Crippen LogP contribution in [0.2, 0.25) is 5.02 Å². The molecule has 0 unspecified atom stereocenters. The Kier molecular flexibility index (Phi) is 6.41. The predicted molar refractivity (Wildman–Crippen MR) is 111 cm³/mol. The van der Waals surface area contributed by atoms with Gasteiger partial charge in [0.25, 0.3) is 11.6 Å². The number of nitro groups is 1. The molecule has 0 radical (unpaired) electrons. The van der Waals surface area contributed by atoms with Crippen LogP contribution in [-0.2, 0) is 14.8 Å². The SMILES string of the molecule is C[C@H]1CN(S(=O)(=O)c2ccc(Cl)c(C(=O)Nc3ccc([N+](=O)[O-])cc3)c2)C[C@H](C)O1. The van der Waals surface area contributed by atoms with Crippen molar-refractivity contribution in [1.82, 2.24) is 4.31 Å². The van der Waals surface area contributed by atoms with Crippen molar-refractivity contribution in [3.05, 3.63) is 63.2 Å². The number of ether oxygens (including phenoxy) is 1. The maximum Gasteiger partial charge on any atom is 0.269 e. The number of halogens is 1. The van der Waals surface area contributed by atoms with E-state index in [4.69, 9.17) is 16.3 Å². The molecule has 1 aliphatic rings. The van der Waals surface area contributed by atoms with Crippen molar-refractivity contribution in [3.8, 4) is 0 Å². The lowest BCUT2D eigenvalue weighted by Gasteiger charge is -2.34. The summed E-state index contributed by atoms with van der Waals surface area (Å²) >= 11 is 6.13. The van der Waals surface area contributed by atoms with Gasteiger partial charge in [0.15, 0.2) is 0 Å². The first kappa shape index (κ1) is 22.2. The monoisotopic (exact) mass is 453 g/mol. The molecule has 2 aromatic rings. The van der Waals surface area contributed by atoms with E-state index in [1.807, 2.05) is 0 Å². The van der Waals surface area contributed by atoms with E-state index in [1.54, 1.807) is 13.8 Å². The minimum Gasteiger partial charge on any atom is -0.373 e. The molecule has 9 nitrogen and oxygen atoms in total. The number of sulfonamides is 1. The van der Waals surface area contributed by atoms with Crippen molar-refractivity contribution in [3.63, 3.8) is 0 Å². The molecule has 0 spiro atoms. The van der Waals surface area contributed by atoms with Crippen molar-refractivity contribution < 1.29 is 22.9 Å². The van der Waals surface area contributed by atoms with Crippen LogP contribution in [0.15, 0.2) is 47.4 Å². The Labute approximate surface area is 178 Å². The molecule has 2 aromatic carbocycles. The third kappa shape index (κ3) is 4.78. The van der Waals surface area contributed by atoms with Gasteiger partial charge in [-0.3, -0.25) is 14.9 Å². The van der Waals surface area contributed by atoms with Crippen LogP contribution in [-0.4, -0.2) is 48.9 Å². The first-order chi connectivity index (χ1) is 14.1. The van der Waals surface area contributed by atoms with Gasteiger partial charge in [-0.15, -0.1) is 0 Å². The van der Waals surface area contributed by atoms with E-state index in [0.29, 0.717) is 5.69 Å². The molecule has 0 aromatic heterocycles. The van der Waals surface area contributed by atoms with Crippen molar-refractivity contribution >= 4 is 38.9 Å². The van der Waals surface area contributed by atoms with Gasteiger partial charge >= 0.3 is 0 Å². The van der Waals surface area contributed by atoms with Crippen LogP contribution in [0.4, 0.5) is 11.4 Å². The van der Waals surface area contributed by atoms with Gasteiger partial charge in [0, 0.05) is 30.9 Å². The molecule has 1 saturated heterocycles. The van der Waals surface area contributed by atoms with Gasteiger partial charge in [-0.1, -0.05) is 11.6 Å². The Morgan fingerprint density at radius 2 is 1.77 bits per heavy atom. The number of carbonyl (C=O) groups excluding carboxylic acids is 1. The molecule has 160 valence electrons. The lowest BCUT2D eigenvalue weighted by atomic mass is 10.2. The number of rotatable bonds is 5. The van der Waals surface area contributed by atoms with E-state index in [-0.39, 0.29) is 46.5 Å². The number of benzene rings is 2. The summed E-state index contributed by atoms with van der Waals surface area (Å²) < 4.78 is 33.0. The van der Waals surface area contributed by atoms with Crippen molar-refractivity contribution in [2.24, 2.45) is 0 Å². The summed E-state index contributed by atoms with van der Waals surface area (Å²) in [6.07, 6.45) is -0.499. The number of hydrogen-bond donors (Lipinski definition) is 1. The average molecular weight is 454 g/mol. The molecule has 3 rings (SSSR count). The minimum absolute atomic E-state index is 0.0227. The molecule has 30 heavy (non-hydrogen) atoms. The lowest BCUT2D eigenvalue weighted by Crippen LogP contribution is -2.48. The minimum atomic E-state index is -3.85. The lowest BCUT2D eigenvalue weighted by molar-refractivity contribution is -0.384. The topological polar surface area (TPSA) is 119 Å². The molecule has 2 atom stereocenters. The number of hydrogen-bond acceptors (Lipinski definition) is 6. The Morgan fingerprint density at radius 1 is 1.17 bits per heavy atom. The summed E-state index contributed by atoms with van der Waals surface area (Å²) in [5.41, 5.74) is 0.171. The quantitative estimate of drug-likeness (QED) is 0.548. The highest BCUT2D eigenvalue weighted by Gasteiger charge is 2.32. The molecular formula is C19H20ClN3O6S. The van der Waals surface area contributed by atoms with Crippen LogP contribution < -0.4 is 5.32 Å². The van der Waals surface area contributed by atoms with E-state index in [1.165, 1.54) is 46.8 Å². The van der Waals surface area contributed by atoms with Gasteiger partial charge in [-0.25, -0.2) is 8.42 Å². The third-order valence-electron chi connectivity index (χ3n) is 4.54. The number of amides is 1. The maximum atomic E-state index is 13.1. The zero-order valence-corrected chi connectivity index (χ0v) is 17.8. The third-order valence-corrected chi connectivity index (χ3v) is 6.70. The molecule has 11 heteroatoms. The normalized spacial score (nSPS) is 20.0. The van der Waals surface area contributed by atoms with Crippen molar-refractivity contribution in [2.75, 3.05) is 18.4 Å². The van der Waals surface area contributed by atoms with Crippen molar-refractivity contribution in [2.45, 2.75) is 31.0 Å². The molecule has 1 fully saturated rings. The number of morpholine rings is 1. The molecule has 1 N–H and O–H groups in total. The first-order valence-electron chi connectivity index (χ1n) is 9.09. The second-order valence-corrected chi connectivity index (χ2v) is 9.32. The predicted octanol–water partition coefficient (Wildman–Crippen LogP) is 3.30. The summed E-state index contributed by atoms with van der Waals surface area (Å²) in [7, 11) is -3.85. The standard InChI is InChI=1S/C19H20ClN3O6S/c1-12-10-22(11-13(2)29-12)30(27,28)16-7-8-18(20)17(9-16)19(24)21-14-3-5-15(6-4-14)23(25)26/h3-9,12-13H,10-11H2,1-2H3,(H,21,24)/t12-,13-/m0/s1. The van der Waals surface area contributed by atoms with Crippen LogP contribution in [0.25, 0.3) is 0 Å². The number of nitrogens with zero attached hydrogens (tertiary/aromatic N) is 2. The van der Waals surface area contributed by atoms with Crippen LogP contribution in [0.1, 0.15) is 24.2 Å². The van der Waals surface area contributed by atoms with Gasteiger partial charge < -0.3 is 10.1 Å². The van der Waals surface area contributed by atoms with Gasteiger partial charge in [0.05, 0.1) is 32.6 Å². The van der Waals surface area contributed by atoms with Gasteiger partial charge in [0.1, 0.15) is 0 Å². The summed E-state index contributed by atoms with van der Waals surface area (Å²) in [4.78, 5) is 22.8. The van der Waals surface area contributed by atoms with Gasteiger partial charge in [-0.2, -0.15) is 4.31 Å². The zero-order valence-electron chi connectivity index (χ0n) is 16.2. The number of carbonyl (C=O) groups is 1. The number of nitro benzene ring substituents is 1. The molecule has 1 amide bonds. The summed E-state index contributed by atoms with van der Waals surface area (Å²) in [5, 5.41) is 13.4. The van der Waals surface area contributed by atoms with Crippen LogP contribution >= 0.6 is 11.6 Å². The number of anilines is 1. The van der Waals surface area contributed by atoms with Gasteiger partial charge in [-0.05, 0) is 44.2 Å². The van der Waals surface area contributed by atoms with E-state index in [2.05, 4.69) is 5.32 Å².